The number of sulfonamides is 1. The van der Waals surface area contributed by atoms with E-state index in [2.05, 4.69) is 4.72 Å². The van der Waals surface area contributed by atoms with Gasteiger partial charge >= 0.3 is 5.97 Å². The van der Waals surface area contributed by atoms with Crippen molar-refractivity contribution in [2.75, 3.05) is 4.72 Å². The van der Waals surface area contributed by atoms with E-state index in [0.717, 1.165) is 6.07 Å². The minimum Gasteiger partial charge on any atom is -0.478 e. The molecule has 0 aliphatic heterocycles. The molecule has 0 radical (unpaired) electrons. The molecule has 0 bridgehead atoms. The summed E-state index contributed by atoms with van der Waals surface area (Å²) in [6, 6.07) is 8.90. The van der Waals surface area contributed by atoms with Crippen LogP contribution in [-0.2, 0) is 10.0 Å². The van der Waals surface area contributed by atoms with Crippen LogP contribution >= 0.6 is 0 Å². The van der Waals surface area contributed by atoms with Crippen LogP contribution in [0.15, 0.2) is 47.4 Å². The maximum atomic E-state index is 13.4. The molecule has 110 valence electrons. The Morgan fingerprint density at radius 3 is 2.52 bits per heavy atom. The van der Waals surface area contributed by atoms with Gasteiger partial charge in [-0.3, -0.25) is 4.72 Å². The van der Waals surface area contributed by atoms with E-state index in [-0.39, 0.29) is 16.1 Å². The summed E-state index contributed by atoms with van der Waals surface area (Å²) in [6.07, 6.45) is 0. The first-order valence-electron chi connectivity index (χ1n) is 5.92. The fourth-order valence-electron chi connectivity index (χ4n) is 1.67. The molecule has 0 heterocycles. The molecule has 0 aromatic heterocycles. The summed E-state index contributed by atoms with van der Waals surface area (Å²) in [4.78, 5) is 10.6. The predicted molar refractivity (Wildman–Crippen MR) is 75.3 cm³/mol. The van der Waals surface area contributed by atoms with Gasteiger partial charge in [-0.05, 0) is 42.8 Å². The van der Waals surface area contributed by atoms with Crippen LogP contribution in [0, 0.1) is 12.7 Å². The number of benzene rings is 2. The number of rotatable bonds is 4. The van der Waals surface area contributed by atoms with E-state index < -0.39 is 21.8 Å². The van der Waals surface area contributed by atoms with Gasteiger partial charge in [-0.25, -0.2) is 17.6 Å². The minimum absolute atomic E-state index is 0.0507. The molecule has 7 heteroatoms. The van der Waals surface area contributed by atoms with E-state index in [4.69, 9.17) is 5.11 Å². The summed E-state index contributed by atoms with van der Waals surface area (Å²) in [5.41, 5.74) is 0.378. The number of carboxylic acid groups (broad SMARTS) is 1. The van der Waals surface area contributed by atoms with Crippen molar-refractivity contribution < 1.29 is 22.7 Å². The lowest BCUT2D eigenvalue weighted by Gasteiger charge is -2.09. The molecule has 0 spiro atoms. The molecule has 0 amide bonds. The standard InChI is InChI=1S/C14H12FNO4S/c1-9-5-6-12(8-13(9)15)21(19,20)16-11-4-2-3-10(7-11)14(17)18/h2-8,16H,1H3,(H,17,18). The average Bonchev–Trinajstić information content (AvgIpc) is 2.41. The Bertz CT molecular complexity index is 802. The van der Waals surface area contributed by atoms with E-state index in [1.807, 2.05) is 0 Å². The number of halogens is 1. The van der Waals surface area contributed by atoms with Gasteiger partial charge in [0.25, 0.3) is 10.0 Å². The molecule has 2 N–H and O–H groups in total. The van der Waals surface area contributed by atoms with Crippen LogP contribution in [0.1, 0.15) is 15.9 Å². The van der Waals surface area contributed by atoms with Crippen LogP contribution in [0.5, 0.6) is 0 Å². The molecule has 2 aromatic rings. The SMILES string of the molecule is Cc1ccc(S(=O)(=O)Nc2cccc(C(=O)O)c2)cc1F. The molecule has 0 atom stereocenters. The van der Waals surface area contributed by atoms with Crippen molar-refractivity contribution in [1.29, 1.82) is 0 Å². The first kappa shape index (κ1) is 15.0. The molecule has 0 unspecified atom stereocenters. The third-order valence-electron chi connectivity index (χ3n) is 2.82. The van der Waals surface area contributed by atoms with Gasteiger partial charge in [0.15, 0.2) is 0 Å². The molecule has 2 rings (SSSR count). The highest BCUT2D eigenvalue weighted by Gasteiger charge is 2.16. The maximum absolute atomic E-state index is 13.4. The van der Waals surface area contributed by atoms with Gasteiger partial charge in [0.1, 0.15) is 5.82 Å². The van der Waals surface area contributed by atoms with Gasteiger partial charge in [-0.2, -0.15) is 0 Å². The lowest BCUT2D eigenvalue weighted by molar-refractivity contribution is 0.0697. The molecular weight excluding hydrogens is 297 g/mol. The molecule has 2 aromatic carbocycles. The van der Waals surface area contributed by atoms with Crippen molar-refractivity contribution >= 4 is 21.7 Å². The van der Waals surface area contributed by atoms with Gasteiger partial charge in [0.2, 0.25) is 0 Å². The van der Waals surface area contributed by atoms with Crippen LogP contribution in [0.3, 0.4) is 0 Å². The third-order valence-corrected chi connectivity index (χ3v) is 4.19. The van der Waals surface area contributed by atoms with Gasteiger partial charge < -0.3 is 5.11 Å². The zero-order valence-electron chi connectivity index (χ0n) is 11.0. The van der Waals surface area contributed by atoms with Crippen LogP contribution in [0.4, 0.5) is 10.1 Å². The van der Waals surface area contributed by atoms with Crippen LogP contribution in [0.25, 0.3) is 0 Å². The first-order valence-corrected chi connectivity index (χ1v) is 7.40. The van der Waals surface area contributed by atoms with Crippen LogP contribution in [0.2, 0.25) is 0 Å². The number of hydrogen-bond acceptors (Lipinski definition) is 3. The molecule has 21 heavy (non-hydrogen) atoms. The zero-order valence-corrected chi connectivity index (χ0v) is 11.8. The molecule has 0 saturated carbocycles. The normalized spacial score (nSPS) is 11.1. The average molecular weight is 309 g/mol. The minimum atomic E-state index is -3.98. The van der Waals surface area contributed by atoms with Crippen molar-refractivity contribution in [3.05, 3.63) is 59.4 Å². The fraction of sp³-hybridized carbons (Fsp3) is 0.0714. The number of carbonyl (C=O) groups is 1. The Kier molecular flexibility index (Phi) is 3.95. The second-order valence-electron chi connectivity index (χ2n) is 4.40. The third kappa shape index (κ3) is 3.38. The molecule has 5 nitrogen and oxygen atoms in total. The summed E-state index contributed by atoms with van der Waals surface area (Å²) in [5.74, 6) is -1.80. The van der Waals surface area contributed by atoms with E-state index in [0.29, 0.717) is 5.56 Å². The first-order chi connectivity index (χ1) is 9.79. The quantitative estimate of drug-likeness (QED) is 0.909. The van der Waals surface area contributed by atoms with E-state index in [9.17, 15) is 17.6 Å². The van der Waals surface area contributed by atoms with Crippen molar-refractivity contribution in [3.63, 3.8) is 0 Å². The fourth-order valence-corrected chi connectivity index (χ4v) is 2.73. The van der Waals surface area contributed by atoms with Crippen molar-refractivity contribution in [2.24, 2.45) is 0 Å². The monoisotopic (exact) mass is 309 g/mol. The smallest absolute Gasteiger partial charge is 0.335 e. The van der Waals surface area contributed by atoms with Crippen LogP contribution < -0.4 is 4.72 Å². The summed E-state index contributed by atoms with van der Waals surface area (Å²) in [7, 11) is -3.98. The van der Waals surface area contributed by atoms with E-state index in [1.165, 1.54) is 43.3 Å². The Hall–Kier alpha value is -2.41. The predicted octanol–water partition coefficient (Wildman–Crippen LogP) is 2.63. The lowest BCUT2D eigenvalue weighted by Crippen LogP contribution is -2.13. The van der Waals surface area contributed by atoms with Crippen molar-refractivity contribution in [2.45, 2.75) is 11.8 Å². The number of nitrogens with one attached hydrogen (secondary N) is 1. The molecule has 0 fully saturated rings. The van der Waals surface area contributed by atoms with E-state index >= 15 is 0 Å². The largest absolute Gasteiger partial charge is 0.478 e. The number of carboxylic acids is 1. The molecule has 0 saturated heterocycles. The van der Waals surface area contributed by atoms with Gasteiger partial charge in [0, 0.05) is 5.69 Å². The van der Waals surface area contributed by atoms with Crippen molar-refractivity contribution in [3.8, 4) is 0 Å². The Labute approximate surface area is 121 Å². The van der Waals surface area contributed by atoms with Gasteiger partial charge in [-0.1, -0.05) is 12.1 Å². The lowest BCUT2D eigenvalue weighted by atomic mass is 10.2. The Morgan fingerprint density at radius 2 is 1.90 bits per heavy atom. The molecular formula is C14H12FNO4S. The van der Waals surface area contributed by atoms with Gasteiger partial charge in [0.05, 0.1) is 10.5 Å². The Morgan fingerprint density at radius 1 is 1.19 bits per heavy atom. The summed E-state index contributed by atoms with van der Waals surface area (Å²) >= 11 is 0. The molecule has 0 aliphatic carbocycles. The second kappa shape index (κ2) is 5.53. The Balaban J connectivity index is 2.35. The second-order valence-corrected chi connectivity index (χ2v) is 6.08. The number of aryl methyl sites for hydroxylation is 1. The van der Waals surface area contributed by atoms with E-state index in [1.54, 1.807) is 0 Å². The summed E-state index contributed by atoms with van der Waals surface area (Å²) in [6.45, 7) is 1.52. The summed E-state index contributed by atoms with van der Waals surface area (Å²) in [5, 5.41) is 8.86. The van der Waals surface area contributed by atoms with Crippen LogP contribution in [-0.4, -0.2) is 19.5 Å². The highest BCUT2D eigenvalue weighted by atomic mass is 32.2. The van der Waals surface area contributed by atoms with Gasteiger partial charge in [-0.15, -0.1) is 0 Å². The zero-order chi connectivity index (χ0) is 15.6. The maximum Gasteiger partial charge on any atom is 0.335 e. The molecule has 0 aliphatic rings. The summed E-state index contributed by atoms with van der Waals surface area (Å²) < 4.78 is 39.9. The number of aromatic carboxylic acids is 1. The van der Waals surface area contributed by atoms with Crippen molar-refractivity contribution in [1.82, 2.24) is 0 Å². The highest BCUT2D eigenvalue weighted by Crippen LogP contribution is 2.19. The number of anilines is 1. The highest BCUT2D eigenvalue weighted by molar-refractivity contribution is 7.92. The number of hydrogen-bond donors (Lipinski definition) is 2. The topological polar surface area (TPSA) is 83.5 Å².